The topological polar surface area (TPSA) is 83.0 Å². The van der Waals surface area contributed by atoms with E-state index in [-0.39, 0.29) is 24.0 Å². The van der Waals surface area contributed by atoms with Crippen LogP contribution in [-0.2, 0) is 14.9 Å². The van der Waals surface area contributed by atoms with Crippen molar-refractivity contribution in [1.29, 1.82) is 0 Å². The number of thiazole rings is 1. The number of hydrogen-bond donors (Lipinski definition) is 1. The van der Waals surface area contributed by atoms with Gasteiger partial charge in [-0.1, -0.05) is 20.8 Å². The molecule has 1 atom stereocenters. The summed E-state index contributed by atoms with van der Waals surface area (Å²) in [5.41, 5.74) is 2.36. The number of rotatable bonds is 5. The zero-order valence-corrected chi connectivity index (χ0v) is 15.4. The van der Waals surface area contributed by atoms with E-state index in [4.69, 9.17) is 9.84 Å². The number of aliphatic carboxylic acids is 1. The van der Waals surface area contributed by atoms with Gasteiger partial charge in [0.25, 0.3) is 5.91 Å². The quantitative estimate of drug-likeness (QED) is 0.857. The van der Waals surface area contributed by atoms with Gasteiger partial charge in [-0.2, -0.15) is 0 Å². The summed E-state index contributed by atoms with van der Waals surface area (Å²) < 4.78 is 5.68. The van der Waals surface area contributed by atoms with Gasteiger partial charge in [0, 0.05) is 25.0 Å². The van der Waals surface area contributed by atoms with Crippen LogP contribution < -0.4 is 0 Å². The van der Waals surface area contributed by atoms with Gasteiger partial charge in [-0.05, 0) is 7.05 Å². The summed E-state index contributed by atoms with van der Waals surface area (Å²) in [7, 11) is 1.74. The average Bonchev–Trinajstić information content (AvgIpc) is 2.95. The Labute approximate surface area is 146 Å². The Morgan fingerprint density at radius 1 is 1.50 bits per heavy atom. The molecule has 1 aliphatic rings. The molecule has 1 aliphatic heterocycles. The Kier molecular flexibility index (Phi) is 5.95. The van der Waals surface area contributed by atoms with E-state index in [9.17, 15) is 9.59 Å². The minimum atomic E-state index is -0.874. The van der Waals surface area contributed by atoms with Crippen molar-refractivity contribution in [3.05, 3.63) is 16.1 Å². The van der Waals surface area contributed by atoms with Gasteiger partial charge in [0.05, 0.1) is 30.5 Å². The lowest BCUT2D eigenvalue weighted by Gasteiger charge is -2.34. The molecule has 24 heavy (non-hydrogen) atoms. The van der Waals surface area contributed by atoms with E-state index >= 15 is 0 Å². The fraction of sp³-hybridized carbons (Fsp3) is 0.688. The van der Waals surface area contributed by atoms with Crippen LogP contribution in [0.3, 0.4) is 0 Å². The normalized spacial score (nSPS) is 18.9. The molecule has 0 aliphatic carbocycles. The summed E-state index contributed by atoms with van der Waals surface area (Å²) in [6, 6.07) is 0. The van der Waals surface area contributed by atoms with Crippen LogP contribution in [0.1, 0.15) is 36.1 Å². The standard InChI is InChI=1S/C16H25N3O4S/c1-16(2,3)14-13(24-10-17-14)15(22)19-5-6-23-11(8-19)7-18(4)9-12(20)21/h10-11H,5-9H2,1-4H3,(H,20,21). The zero-order valence-electron chi connectivity index (χ0n) is 14.6. The second-order valence-corrected chi connectivity index (χ2v) is 7.97. The van der Waals surface area contributed by atoms with Crippen molar-refractivity contribution >= 4 is 23.2 Å². The summed E-state index contributed by atoms with van der Waals surface area (Å²) in [6.07, 6.45) is -0.182. The monoisotopic (exact) mass is 355 g/mol. The molecule has 1 aromatic heterocycles. The third-order valence-electron chi connectivity index (χ3n) is 3.82. The molecule has 7 nitrogen and oxygen atoms in total. The molecule has 8 heteroatoms. The second kappa shape index (κ2) is 7.58. The maximum atomic E-state index is 12.9. The van der Waals surface area contributed by atoms with Crippen LogP contribution in [0.4, 0.5) is 0 Å². The Hall–Kier alpha value is -1.51. The molecule has 1 N–H and O–H groups in total. The summed E-state index contributed by atoms with van der Waals surface area (Å²) in [5, 5.41) is 8.83. The maximum Gasteiger partial charge on any atom is 0.317 e. The molecule has 1 unspecified atom stereocenters. The van der Waals surface area contributed by atoms with Crippen molar-refractivity contribution in [2.24, 2.45) is 0 Å². The van der Waals surface area contributed by atoms with Crippen molar-refractivity contribution in [2.45, 2.75) is 32.3 Å². The number of carboxylic acid groups (broad SMARTS) is 1. The van der Waals surface area contributed by atoms with Gasteiger partial charge in [-0.3, -0.25) is 14.5 Å². The molecule has 0 bridgehead atoms. The van der Waals surface area contributed by atoms with Gasteiger partial charge in [0.1, 0.15) is 4.88 Å². The van der Waals surface area contributed by atoms with Crippen LogP contribution >= 0.6 is 11.3 Å². The number of aromatic nitrogens is 1. The summed E-state index contributed by atoms with van der Waals surface area (Å²) in [4.78, 5) is 32.2. The molecule has 1 amide bonds. The minimum absolute atomic E-state index is 0.0170. The lowest BCUT2D eigenvalue weighted by molar-refractivity contribution is -0.138. The Morgan fingerprint density at radius 3 is 2.83 bits per heavy atom. The summed E-state index contributed by atoms with van der Waals surface area (Å²) in [5.74, 6) is -0.891. The number of nitrogens with zero attached hydrogens (tertiary/aromatic N) is 3. The van der Waals surface area contributed by atoms with Crippen molar-refractivity contribution in [1.82, 2.24) is 14.8 Å². The molecule has 2 rings (SSSR count). The smallest absolute Gasteiger partial charge is 0.317 e. The van der Waals surface area contributed by atoms with Crippen LogP contribution in [0.5, 0.6) is 0 Å². The third-order valence-corrected chi connectivity index (χ3v) is 4.63. The van der Waals surface area contributed by atoms with E-state index in [0.717, 1.165) is 5.69 Å². The summed E-state index contributed by atoms with van der Waals surface area (Å²) >= 11 is 1.37. The van der Waals surface area contributed by atoms with Crippen molar-refractivity contribution in [3.8, 4) is 0 Å². The van der Waals surface area contributed by atoms with Gasteiger partial charge in [-0.15, -0.1) is 11.3 Å². The molecular weight excluding hydrogens is 330 g/mol. The van der Waals surface area contributed by atoms with Crippen LogP contribution in [0, 0.1) is 0 Å². The molecule has 2 heterocycles. The van der Waals surface area contributed by atoms with E-state index in [2.05, 4.69) is 4.98 Å². The van der Waals surface area contributed by atoms with E-state index in [0.29, 0.717) is 31.1 Å². The third kappa shape index (κ3) is 4.75. The van der Waals surface area contributed by atoms with Gasteiger partial charge in [-0.25, -0.2) is 4.98 Å². The predicted molar refractivity (Wildman–Crippen MR) is 91.6 cm³/mol. The van der Waals surface area contributed by atoms with Crippen LogP contribution in [-0.4, -0.2) is 77.7 Å². The molecule has 1 fully saturated rings. The molecule has 134 valence electrons. The molecule has 0 aromatic carbocycles. The van der Waals surface area contributed by atoms with E-state index in [1.54, 1.807) is 22.4 Å². The number of carboxylic acids is 1. The molecule has 1 aromatic rings. The first kappa shape index (κ1) is 18.8. The van der Waals surface area contributed by atoms with Crippen molar-refractivity contribution in [2.75, 3.05) is 39.8 Å². The zero-order chi connectivity index (χ0) is 17.9. The number of morpholine rings is 1. The first-order valence-corrected chi connectivity index (χ1v) is 8.81. The first-order chi connectivity index (χ1) is 11.2. The Balaban J connectivity index is 2.03. The fourth-order valence-electron chi connectivity index (χ4n) is 2.73. The number of carbonyl (C=O) groups is 2. The second-order valence-electron chi connectivity index (χ2n) is 7.11. The lowest BCUT2D eigenvalue weighted by atomic mass is 9.91. The highest BCUT2D eigenvalue weighted by molar-refractivity contribution is 7.11. The molecule has 0 spiro atoms. The number of amides is 1. The van der Waals surface area contributed by atoms with Crippen LogP contribution in [0.25, 0.3) is 0 Å². The first-order valence-electron chi connectivity index (χ1n) is 7.93. The fourth-order valence-corrected chi connectivity index (χ4v) is 3.70. The average molecular weight is 355 g/mol. The number of carbonyl (C=O) groups excluding carboxylic acids is 1. The summed E-state index contributed by atoms with van der Waals surface area (Å²) in [6.45, 7) is 8.03. The van der Waals surface area contributed by atoms with Gasteiger partial charge in [0.2, 0.25) is 0 Å². The van der Waals surface area contributed by atoms with Gasteiger partial charge >= 0.3 is 5.97 Å². The lowest BCUT2D eigenvalue weighted by Crippen LogP contribution is -2.49. The molecule has 0 saturated carbocycles. The Bertz CT molecular complexity index is 596. The SMILES string of the molecule is CN(CC(=O)O)CC1CN(C(=O)c2scnc2C(C)(C)C)CCO1. The predicted octanol–water partition coefficient (Wildman–Crippen LogP) is 1.30. The van der Waals surface area contributed by atoms with Crippen molar-refractivity contribution in [3.63, 3.8) is 0 Å². The maximum absolute atomic E-state index is 12.9. The van der Waals surface area contributed by atoms with Crippen LogP contribution in [0.2, 0.25) is 0 Å². The molecular formula is C16H25N3O4S. The number of ether oxygens (including phenoxy) is 1. The highest BCUT2D eigenvalue weighted by atomic mass is 32.1. The van der Waals surface area contributed by atoms with Crippen molar-refractivity contribution < 1.29 is 19.4 Å². The highest BCUT2D eigenvalue weighted by Gasteiger charge is 2.31. The number of likely N-dealkylation sites (N-methyl/N-ethyl adjacent to an activating group) is 1. The van der Waals surface area contributed by atoms with E-state index in [1.165, 1.54) is 11.3 Å². The Morgan fingerprint density at radius 2 is 2.21 bits per heavy atom. The van der Waals surface area contributed by atoms with Gasteiger partial charge in [0.15, 0.2) is 0 Å². The highest BCUT2D eigenvalue weighted by Crippen LogP contribution is 2.28. The van der Waals surface area contributed by atoms with E-state index < -0.39 is 5.97 Å². The van der Waals surface area contributed by atoms with E-state index in [1.807, 2.05) is 20.8 Å². The van der Waals surface area contributed by atoms with Gasteiger partial charge < -0.3 is 14.7 Å². The largest absolute Gasteiger partial charge is 0.480 e. The number of hydrogen-bond acceptors (Lipinski definition) is 6. The molecule has 1 saturated heterocycles. The molecule has 0 radical (unpaired) electrons. The van der Waals surface area contributed by atoms with Crippen LogP contribution in [0.15, 0.2) is 5.51 Å². The minimum Gasteiger partial charge on any atom is -0.480 e.